The third-order valence-corrected chi connectivity index (χ3v) is 2.51. The molecule has 0 amide bonds. The first-order valence-corrected chi connectivity index (χ1v) is 4.66. The van der Waals surface area contributed by atoms with Gasteiger partial charge in [-0.25, -0.2) is 0 Å². The lowest BCUT2D eigenvalue weighted by Crippen LogP contribution is -2.49. The van der Waals surface area contributed by atoms with E-state index in [9.17, 15) is 4.79 Å². The minimum absolute atomic E-state index is 0.0113. The van der Waals surface area contributed by atoms with Crippen molar-refractivity contribution >= 4 is 5.78 Å². The minimum Gasteiger partial charge on any atom is -0.290 e. The van der Waals surface area contributed by atoms with E-state index < -0.39 is 0 Å². The van der Waals surface area contributed by atoms with Crippen LogP contribution >= 0.6 is 0 Å². The molecule has 1 heterocycles. The van der Waals surface area contributed by atoms with Gasteiger partial charge in [-0.1, -0.05) is 17.4 Å². The molecular formula is C10H13NO3. The minimum atomic E-state index is -0.388. The van der Waals surface area contributed by atoms with Crippen molar-refractivity contribution in [1.82, 2.24) is 5.23 Å². The van der Waals surface area contributed by atoms with Gasteiger partial charge in [-0.05, 0) is 25.0 Å². The highest BCUT2D eigenvalue weighted by atomic mass is 16.9. The van der Waals surface area contributed by atoms with E-state index in [4.69, 9.17) is 9.68 Å². The molecule has 0 aromatic heterocycles. The zero-order chi connectivity index (χ0) is 10.0. The highest BCUT2D eigenvalue weighted by Crippen LogP contribution is 2.31. The third-order valence-electron chi connectivity index (χ3n) is 2.51. The third kappa shape index (κ3) is 1.52. The number of allylic oxidation sites excluding steroid dienone is 2. The van der Waals surface area contributed by atoms with Gasteiger partial charge in [-0.3, -0.25) is 14.5 Å². The highest BCUT2D eigenvalue weighted by Gasteiger charge is 2.38. The largest absolute Gasteiger partial charge is 0.290 e. The molecular weight excluding hydrogens is 182 g/mol. The van der Waals surface area contributed by atoms with Gasteiger partial charge >= 0.3 is 0 Å². The second kappa shape index (κ2) is 3.65. The molecule has 2 aliphatic rings. The van der Waals surface area contributed by atoms with Crippen LogP contribution < -0.4 is 0 Å². The quantitative estimate of drug-likeness (QED) is 0.626. The Morgan fingerprint density at radius 2 is 2.21 bits per heavy atom. The summed E-state index contributed by atoms with van der Waals surface area (Å²) in [5, 5.41) is 1.45. The summed E-state index contributed by atoms with van der Waals surface area (Å²) in [6.45, 7) is 0.658. The van der Waals surface area contributed by atoms with E-state index in [1.807, 2.05) is 12.2 Å². The predicted octanol–water partition coefficient (Wildman–Crippen LogP) is 1.01. The van der Waals surface area contributed by atoms with E-state index in [1.165, 1.54) is 5.23 Å². The Labute approximate surface area is 82.7 Å². The summed E-state index contributed by atoms with van der Waals surface area (Å²) < 4.78 is 0. The van der Waals surface area contributed by atoms with Crippen LogP contribution in [0.2, 0.25) is 0 Å². The van der Waals surface area contributed by atoms with Crippen molar-refractivity contribution in [2.24, 2.45) is 0 Å². The molecule has 0 saturated carbocycles. The summed E-state index contributed by atoms with van der Waals surface area (Å²) in [5.41, 5.74) is -0.388. The molecule has 1 spiro atoms. The molecule has 4 heteroatoms. The van der Waals surface area contributed by atoms with Crippen LogP contribution in [-0.4, -0.2) is 30.3 Å². The van der Waals surface area contributed by atoms with Gasteiger partial charge in [0.15, 0.2) is 5.78 Å². The lowest BCUT2D eigenvalue weighted by atomic mass is 9.88. The average molecular weight is 195 g/mol. The van der Waals surface area contributed by atoms with E-state index in [1.54, 1.807) is 19.3 Å². The number of nitrogens with zero attached hydrogens (tertiary/aromatic N) is 1. The van der Waals surface area contributed by atoms with Crippen molar-refractivity contribution in [2.75, 3.05) is 13.7 Å². The van der Waals surface area contributed by atoms with Crippen LogP contribution in [0, 0.1) is 0 Å². The maximum absolute atomic E-state index is 11.0. The number of hydroxylamine groups is 2. The van der Waals surface area contributed by atoms with Crippen LogP contribution in [0.1, 0.15) is 12.8 Å². The first-order valence-electron chi connectivity index (χ1n) is 4.66. The van der Waals surface area contributed by atoms with E-state index >= 15 is 0 Å². The molecule has 1 aliphatic carbocycles. The SMILES string of the molecule is CON1OCCCC12C=CC(=O)C=C2. The maximum atomic E-state index is 11.0. The van der Waals surface area contributed by atoms with Crippen LogP contribution in [0.4, 0.5) is 0 Å². The lowest BCUT2D eigenvalue weighted by Gasteiger charge is -2.40. The molecule has 1 fully saturated rings. The number of rotatable bonds is 1. The number of carbonyl (C=O) groups excluding carboxylic acids is 1. The molecule has 4 nitrogen and oxygen atoms in total. The lowest BCUT2D eigenvalue weighted by molar-refractivity contribution is -0.400. The zero-order valence-corrected chi connectivity index (χ0v) is 8.10. The first kappa shape index (κ1) is 9.58. The van der Waals surface area contributed by atoms with Gasteiger partial charge in [0.25, 0.3) is 0 Å². The van der Waals surface area contributed by atoms with Gasteiger partial charge in [-0.15, -0.1) is 0 Å². The van der Waals surface area contributed by atoms with Crippen LogP contribution in [0.3, 0.4) is 0 Å². The number of carbonyl (C=O) groups is 1. The molecule has 0 unspecified atom stereocenters. The van der Waals surface area contributed by atoms with Gasteiger partial charge in [0, 0.05) is 0 Å². The van der Waals surface area contributed by atoms with E-state index in [0.29, 0.717) is 6.61 Å². The summed E-state index contributed by atoms with van der Waals surface area (Å²) in [7, 11) is 1.56. The van der Waals surface area contributed by atoms with Gasteiger partial charge in [0.2, 0.25) is 0 Å². The van der Waals surface area contributed by atoms with Crippen LogP contribution in [-0.2, 0) is 14.5 Å². The van der Waals surface area contributed by atoms with Crippen molar-refractivity contribution < 1.29 is 14.5 Å². The second-order valence-electron chi connectivity index (χ2n) is 3.44. The molecule has 2 rings (SSSR count). The van der Waals surface area contributed by atoms with E-state index in [-0.39, 0.29) is 11.3 Å². The van der Waals surface area contributed by atoms with Gasteiger partial charge < -0.3 is 0 Å². The van der Waals surface area contributed by atoms with E-state index in [2.05, 4.69) is 0 Å². The Kier molecular flexibility index (Phi) is 2.50. The summed E-state index contributed by atoms with van der Waals surface area (Å²) in [6, 6.07) is 0. The standard InChI is InChI=1S/C10H13NO3/c1-13-11-10(5-2-8-14-11)6-3-9(12)4-7-10/h3-4,6-7H,2,5,8H2,1H3. The summed E-state index contributed by atoms with van der Waals surface area (Å²) >= 11 is 0. The highest BCUT2D eigenvalue weighted by molar-refractivity contribution is 6.00. The van der Waals surface area contributed by atoms with Gasteiger partial charge in [-0.2, -0.15) is 0 Å². The topological polar surface area (TPSA) is 38.8 Å². The van der Waals surface area contributed by atoms with Crippen LogP contribution in [0.15, 0.2) is 24.3 Å². The summed E-state index contributed by atoms with van der Waals surface area (Å²) in [6.07, 6.45) is 8.64. The number of hydrogen-bond donors (Lipinski definition) is 0. The Bertz CT molecular complexity index is 280. The Hall–Kier alpha value is -0.970. The number of ketones is 1. The van der Waals surface area contributed by atoms with Gasteiger partial charge in [0.05, 0.1) is 13.7 Å². The molecule has 0 aromatic carbocycles. The van der Waals surface area contributed by atoms with Crippen molar-refractivity contribution in [3.8, 4) is 0 Å². The normalized spacial score (nSPS) is 25.9. The summed E-state index contributed by atoms with van der Waals surface area (Å²) in [4.78, 5) is 21.5. The monoisotopic (exact) mass is 195 g/mol. The Morgan fingerprint density at radius 3 is 2.86 bits per heavy atom. The fourth-order valence-corrected chi connectivity index (χ4v) is 1.79. The first-order chi connectivity index (χ1) is 6.77. The fraction of sp³-hybridized carbons (Fsp3) is 0.500. The Balaban J connectivity index is 2.24. The molecule has 14 heavy (non-hydrogen) atoms. The molecule has 1 aliphatic heterocycles. The molecule has 76 valence electrons. The predicted molar refractivity (Wildman–Crippen MR) is 50.1 cm³/mol. The Morgan fingerprint density at radius 1 is 1.50 bits per heavy atom. The second-order valence-corrected chi connectivity index (χ2v) is 3.44. The zero-order valence-electron chi connectivity index (χ0n) is 8.10. The number of hydrogen-bond acceptors (Lipinski definition) is 4. The molecule has 0 radical (unpaired) electrons. The van der Waals surface area contributed by atoms with Crippen molar-refractivity contribution in [3.05, 3.63) is 24.3 Å². The van der Waals surface area contributed by atoms with Crippen LogP contribution in [0.25, 0.3) is 0 Å². The van der Waals surface area contributed by atoms with Crippen molar-refractivity contribution in [1.29, 1.82) is 0 Å². The average Bonchev–Trinajstić information content (AvgIpc) is 2.23. The maximum Gasteiger partial charge on any atom is 0.178 e. The molecule has 0 bridgehead atoms. The molecule has 1 saturated heterocycles. The smallest absolute Gasteiger partial charge is 0.178 e. The van der Waals surface area contributed by atoms with Crippen molar-refractivity contribution in [2.45, 2.75) is 18.4 Å². The molecule has 0 N–H and O–H groups in total. The van der Waals surface area contributed by atoms with Crippen molar-refractivity contribution in [3.63, 3.8) is 0 Å². The molecule has 0 atom stereocenters. The molecule has 0 aromatic rings. The van der Waals surface area contributed by atoms with E-state index in [0.717, 1.165) is 12.8 Å². The van der Waals surface area contributed by atoms with Gasteiger partial charge in [0.1, 0.15) is 5.54 Å². The van der Waals surface area contributed by atoms with Crippen LogP contribution in [0.5, 0.6) is 0 Å². The summed E-state index contributed by atoms with van der Waals surface area (Å²) in [5.74, 6) is 0.0113. The fourth-order valence-electron chi connectivity index (χ4n) is 1.79.